The zero-order valence-electron chi connectivity index (χ0n) is 10.9. The molecule has 0 unspecified atom stereocenters. The maximum atomic E-state index is 12.4. The third kappa shape index (κ3) is 2.22. The van der Waals surface area contributed by atoms with E-state index in [-0.39, 0.29) is 11.9 Å². The maximum absolute atomic E-state index is 12.4. The molecule has 0 radical (unpaired) electrons. The first kappa shape index (κ1) is 12.9. The molecule has 2 heterocycles. The molecule has 1 aliphatic heterocycles. The quantitative estimate of drug-likeness (QED) is 0.863. The molecule has 1 aromatic carbocycles. The average Bonchev–Trinajstić information content (AvgIpc) is 2.90. The van der Waals surface area contributed by atoms with Gasteiger partial charge in [0.15, 0.2) is 0 Å². The summed E-state index contributed by atoms with van der Waals surface area (Å²) >= 11 is 5.94. The van der Waals surface area contributed by atoms with Crippen molar-refractivity contribution in [1.82, 2.24) is 19.9 Å². The third-order valence-corrected chi connectivity index (χ3v) is 3.59. The van der Waals surface area contributed by atoms with Gasteiger partial charge in [-0.05, 0) is 18.2 Å². The van der Waals surface area contributed by atoms with Crippen LogP contribution in [0.4, 0.5) is 0 Å². The summed E-state index contributed by atoms with van der Waals surface area (Å²) in [6.07, 6.45) is 3.43. The Hall–Kier alpha value is -2.08. The lowest BCUT2D eigenvalue weighted by Crippen LogP contribution is -2.51. The number of methoxy groups -OCH3 is 1. The van der Waals surface area contributed by atoms with Gasteiger partial charge >= 0.3 is 0 Å². The van der Waals surface area contributed by atoms with E-state index < -0.39 is 0 Å². The predicted molar refractivity (Wildman–Crippen MR) is 73.0 cm³/mol. The molecule has 0 saturated carbocycles. The van der Waals surface area contributed by atoms with E-state index in [1.807, 2.05) is 0 Å². The molecule has 0 N–H and O–H groups in total. The van der Waals surface area contributed by atoms with Crippen LogP contribution >= 0.6 is 11.6 Å². The van der Waals surface area contributed by atoms with Crippen molar-refractivity contribution in [1.29, 1.82) is 0 Å². The summed E-state index contributed by atoms with van der Waals surface area (Å²) in [6.45, 7) is 1.22. The first-order chi connectivity index (χ1) is 9.69. The molecule has 0 spiro atoms. The molecule has 104 valence electrons. The summed E-state index contributed by atoms with van der Waals surface area (Å²) in [5.41, 5.74) is 0.483. The van der Waals surface area contributed by atoms with Crippen molar-refractivity contribution in [2.45, 2.75) is 6.04 Å². The molecule has 1 saturated heterocycles. The number of carbonyl (C=O) groups excluding carboxylic acids is 1. The maximum Gasteiger partial charge on any atom is 0.257 e. The van der Waals surface area contributed by atoms with E-state index in [4.69, 9.17) is 16.3 Å². The highest BCUT2D eigenvalue weighted by molar-refractivity contribution is 6.31. The first-order valence-corrected chi connectivity index (χ1v) is 6.55. The average molecular weight is 293 g/mol. The number of likely N-dealkylation sites (tertiary alicyclic amines) is 1. The fourth-order valence-electron chi connectivity index (χ4n) is 2.22. The van der Waals surface area contributed by atoms with Gasteiger partial charge in [-0.3, -0.25) is 4.79 Å². The lowest BCUT2D eigenvalue weighted by atomic mass is 10.1. The lowest BCUT2D eigenvalue weighted by Gasteiger charge is -2.39. The van der Waals surface area contributed by atoms with Crippen molar-refractivity contribution in [3.05, 3.63) is 41.2 Å². The summed E-state index contributed by atoms with van der Waals surface area (Å²) < 4.78 is 6.97. The van der Waals surface area contributed by atoms with Crippen LogP contribution in [0.25, 0.3) is 0 Å². The van der Waals surface area contributed by atoms with Crippen LogP contribution in [-0.2, 0) is 0 Å². The lowest BCUT2D eigenvalue weighted by molar-refractivity contribution is 0.0495. The van der Waals surface area contributed by atoms with E-state index in [1.165, 1.54) is 7.11 Å². The summed E-state index contributed by atoms with van der Waals surface area (Å²) in [4.78, 5) is 14.2. The molecule has 2 aromatic rings. The fraction of sp³-hybridized carbons (Fsp3) is 0.308. The van der Waals surface area contributed by atoms with E-state index in [0.29, 0.717) is 29.4 Å². The number of nitrogens with zero attached hydrogens (tertiary/aromatic N) is 4. The van der Waals surface area contributed by atoms with Gasteiger partial charge in [-0.1, -0.05) is 16.8 Å². The van der Waals surface area contributed by atoms with Crippen LogP contribution in [0.5, 0.6) is 5.75 Å². The standard InChI is InChI=1S/C13H13ClN4O2/c1-20-12-3-2-9(14)6-11(12)13(19)17-7-10(8-17)18-5-4-15-16-18/h2-6,10H,7-8H2,1H3. The number of ether oxygens (including phenoxy) is 1. The summed E-state index contributed by atoms with van der Waals surface area (Å²) in [6, 6.07) is 5.22. The van der Waals surface area contributed by atoms with Crippen LogP contribution in [0, 0.1) is 0 Å². The molecular formula is C13H13ClN4O2. The van der Waals surface area contributed by atoms with E-state index in [1.54, 1.807) is 40.2 Å². The Labute approximate surface area is 120 Å². The molecule has 0 aliphatic carbocycles. The smallest absolute Gasteiger partial charge is 0.257 e. The number of rotatable bonds is 3. The molecule has 3 rings (SSSR count). The molecule has 1 amide bonds. The van der Waals surface area contributed by atoms with Gasteiger partial charge in [0.05, 0.1) is 24.9 Å². The van der Waals surface area contributed by atoms with E-state index in [2.05, 4.69) is 10.3 Å². The molecule has 1 fully saturated rings. The normalized spacial score (nSPS) is 15.0. The minimum Gasteiger partial charge on any atom is -0.496 e. The molecule has 0 bridgehead atoms. The Morgan fingerprint density at radius 1 is 1.45 bits per heavy atom. The SMILES string of the molecule is COc1ccc(Cl)cc1C(=O)N1CC(n2ccnn2)C1. The number of amides is 1. The monoisotopic (exact) mass is 292 g/mol. The Balaban J connectivity index is 1.73. The predicted octanol–water partition coefficient (Wildman–Crippen LogP) is 1.64. The molecular weight excluding hydrogens is 280 g/mol. The van der Waals surface area contributed by atoms with Crippen molar-refractivity contribution < 1.29 is 9.53 Å². The van der Waals surface area contributed by atoms with Gasteiger partial charge in [0.25, 0.3) is 5.91 Å². The van der Waals surface area contributed by atoms with Crippen LogP contribution in [-0.4, -0.2) is 46.0 Å². The van der Waals surface area contributed by atoms with Crippen LogP contribution in [0.3, 0.4) is 0 Å². The number of benzene rings is 1. The summed E-state index contributed by atoms with van der Waals surface area (Å²) in [7, 11) is 1.54. The molecule has 20 heavy (non-hydrogen) atoms. The van der Waals surface area contributed by atoms with E-state index in [9.17, 15) is 4.79 Å². The summed E-state index contributed by atoms with van der Waals surface area (Å²) in [5, 5.41) is 8.22. The zero-order valence-corrected chi connectivity index (χ0v) is 11.6. The number of hydrogen-bond acceptors (Lipinski definition) is 4. The second-order valence-electron chi connectivity index (χ2n) is 4.59. The zero-order chi connectivity index (χ0) is 14.1. The molecule has 7 heteroatoms. The van der Waals surface area contributed by atoms with Crippen LogP contribution < -0.4 is 4.74 Å². The Morgan fingerprint density at radius 2 is 2.25 bits per heavy atom. The minimum absolute atomic E-state index is 0.0827. The largest absolute Gasteiger partial charge is 0.496 e. The Kier molecular flexibility index (Phi) is 3.31. The van der Waals surface area contributed by atoms with Gasteiger partial charge in [-0.15, -0.1) is 5.10 Å². The van der Waals surface area contributed by atoms with E-state index in [0.717, 1.165) is 0 Å². The van der Waals surface area contributed by atoms with Crippen LogP contribution in [0.2, 0.25) is 5.02 Å². The second-order valence-corrected chi connectivity index (χ2v) is 5.03. The van der Waals surface area contributed by atoms with Crippen LogP contribution in [0.15, 0.2) is 30.6 Å². The highest BCUT2D eigenvalue weighted by atomic mass is 35.5. The topological polar surface area (TPSA) is 60.2 Å². The van der Waals surface area contributed by atoms with Gasteiger partial charge in [0, 0.05) is 24.3 Å². The molecule has 0 atom stereocenters. The van der Waals surface area contributed by atoms with Gasteiger partial charge in [-0.25, -0.2) is 4.68 Å². The number of carbonyl (C=O) groups is 1. The van der Waals surface area contributed by atoms with Crippen molar-refractivity contribution in [3.8, 4) is 5.75 Å². The molecule has 1 aromatic heterocycles. The Morgan fingerprint density at radius 3 is 2.90 bits per heavy atom. The van der Waals surface area contributed by atoms with Gasteiger partial charge < -0.3 is 9.64 Å². The minimum atomic E-state index is -0.0827. The van der Waals surface area contributed by atoms with Crippen molar-refractivity contribution in [2.75, 3.05) is 20.2 Å². The molecule has 6 nitrogen and oxygen atoms in total. The van der Waals surface area contributed by atoms with Gasteiger partial charge in [0.1, 0.15) is 5.75 Å². The number of hydrogen-bond donors (Lipinski definition) is 0. The van der Waals surface area contributed by atoms with Gasteiger partial charge in [0.2, 0.25) is 0 Å². The first-order valence-electron chi connectivity index (χ1n) is 6.17. The number of aromatic nitrogens is 3. The van der Waals surface area contributed by atoms with Gasteiger partial charge in [-0.2, -0.15) is 0 Å². The highest BCUT2D eigenvalue weighted by Crippen LogP contribution is 2.28. The van der Waals surface area contributed by atoms with Crippen molar-refractivity contribution in [2.24, 2.45) is 0 Å². The van der Waals surface area contributed by atoms with Crippen LogP contribution in [0.1, 0.15) is 16.4 Å². The summed E-state index contributed by atoms with van der Waals surface area (Å²) in [5.74, 6) is 0.448. The fourth-order valence-corrected chi connectivity index (χ4v) is 2.39. The van der Waals surface area contributed by atoms with Crippen molar-refractivity contribution >= 4 is 17.5 Å². The highest BCUT2D eigenvalue weighted by Gasteiger charge is 2.34. The number of halogens is 1. The van der Waals surface area contributed by atoms with E-state index >= 15 is 0 Å². The molecule has 1 aliphatic rings. The third-order valence-electron chi connectivity index (χ3n) is 3.36. The van der Waals surface area contributed by atoms with Crippen molar-refractivity contribution in [3.63, 3.8) is 0 Å². The Bertz CT molecular complexity index is 623. The second kappa shape index (κ2) is 5.13.